The van der Waals surface area contributed by atoms with E-state index in [9.17, 15) is 0 Å². The molecular weight excluding hydrogens is 358 g/mol. The molecule has 0 saturated heterocycles. The Morgan fingerprint density at radius 1 is 1.50 bits per heavy atom. The maximum absolute atomic E-state index is 5.35. The lowest BCUT2D eigenvalue weighted by atomic mass is 10.5. The predicted molar refractivity (Wildman–Crippen MR) is 58.3 cm³/mol. The van der Waals surface area contributed by atoms with Crippen LogP contribution in [-0.2, 0) is 9.47 Å². The highest BCUT2D eigenvalue weighted by atomic mass is 127. The first kappa shape index (κ1) is 11.0. The third-order valence-corrected chi connectivity index (χ3v) is 2.25. The molecule has 0 saturated carbocycles. The molecule has 4 heteroatoms. The van der Waals surface area contributed by atoms with E-state index in [1.165, 1.54) is 0 Å². The largest absolute Gasteiger partial charge is 0.450 e. The molecule has 0 spiro atoms. The number of methoxy groups -OCH3 is 1. The van der Waals surface area contributed by atoms with Crippen molar-refractivity contribution >= 4 is 45.2 Å². The first-order chi connectivity index (χ1) is 4.52. The van der Waals surface area contributed by atoms with Gasteiger partial charge in [-0.15, -0.1) is 0 Å². The summed E-state index contributed by atoms with van der Waals surface area (Å²) in [6.45, 7) is 3.82. The van der Waals surface area contributed by atoms with Crippen molar-refractivity contribution < 1.29 is 9.47 Å². The summed E-state index contributed by atoms with van der Waals surface area (Å²) in [5.74, 6) is 0.866. The molecule has 0 N–H and O–H groups in total. The van der Waals surface area contributed by atoms with Crippen molar-refractivity contribution in [3.63, 3.8) is 0 Å². The smallest absolute Gasteiger partial charge is 0.314 e. The Bertz CT molecular complexity index is 132. The summed E-state index contributed by atoms with van der Waals surface area (Å²) in [6, 6.07) is 0. The molecule has 0 unspecified atom stereocenters. The molecule has 0 fully saturated rings. The fraction of sp³-hybridized carbons (Fsp3) is 0.667. The number of hydrogen-bond donors (Lipinski definition) is 0. The summed E-state index contributed by atoms with van der Waals surface area (Å²) in [7, 11) is 1.61. The maximum atomic E-state index is 5.35. The summed E-state index contributed by atoms with van der Waals surface area (Å²) >= 11 is 4.16. The van der Waals surface area contributed by atoms with Crippen LogP contribution in [0.5, 0.6) is 0 Å². The topological polar surface area (TPSA) is 18.5 Å². The number of halogens is 2. The lowest BCUT2D eigenvalue weighted by molar-refractivity contribution is -0.0262. The average molecular weight is 368 g/mol. The van der Waals surface area contributed by atoms with E-state index in [4.69, 9.17) is 9.47 Å². The summed E-state index contributed by atoms with van der Waals surface area (Å²) in [6.07, 6.45) is 1.89. The minimum Gasteiger partial charge on any atom is -0.450 e. The van der Waals surface area contributed by atoms with Gasteiger partial charge in [-0.3, -0.25) is 0 Å². The Balaban J connectivity index is 3.88. The molecule has 0 amide bonds. The zero-order valence-electron chi connectivity index (χ0n) is 6.15. The molecule has 0 aromatic rings. The van der Waals surface area contributed by atoms with Crippen molar-refractivity contribution in [2.45, 2.75) is 15.6 Å². The molecule has 0 heterocycles. The Morgan fingerprint density at radius 3 is 2.30 bits per heavy atom. The number of allylic oxidation sites excluding steroid dienone is 2. The normalized spacial score (nSPS) is 13.5. The van der Waals surface area contributed by atoms with Crippen molar-refractivity contribution in [3.8, 4) is 0 Å². The van der Waals surface area contributed by atoms with Crippen LogP contribution in [0.2, 0.25) is 0 Å². The quantitative estimate of drug-likeness (QED) is 0.330. The predicted octanol–water partition coefficient (Wildman–Crippen LogP) is 3.05. The van der Waals surface area contributed by atoms with E-state index in [0.29, 0.717) is 0 Å². The van der Waals surface area contributed by atoms with E-state index in [1.807, 2.05) is 19.9 Å². The molecule has 0 bridgehead atoms. The van der Waals surface area contributed by atoms with Crippen molar-refractivity contribution in [2.75, 3.05) is 7.11 Å². The number of hydrogen-bond acceptors (Lipinski definition) is 2. The third kappa shape index (κ3) is 4.73. The fourth-order valence-corrected chi connectivity index (χ4v) is 0.983. The highest BCUT2D eigenvalue weighted by Gasteiger charge is 2.22. The van der Waals surface area contributed by atoms with E-state index in [0.717, 1.165) is 5.76 Å². The van der Waals surface area contributed by atoms with E-state index < -0.39 is 1.80 Å². The lowest BCUT2D eigenvalue weighted by Gasteiger charge is -2.20. The molecule has 0 aliphatic heterocycles. The zero-order chi connectivity index (χ0) is 8.20. The van der Waals surface area contributed by atoms with Crippen LogP contribution in [0.4, 0.5) is 0 Å². The monoisotopic (exact) mass is 368 g/mol. The van der Waals surface area contributed by atoms with Crippen LogP contribution in [0, 0.1) is 0 Å². The van der Waals surface area contributed by atoms with E-state index in [2.05, 4.69) is 45.2 Å². The number of alkyl halides is 2. The van der Waals surface area contributed by atoms with Gasteiger partial charge in [0, 0.05) is 52.3 Å². The number of ether oxygens (including phenoxy) is 2. The summed E-state index contributed by atoms with van der Waals surface area (Å²) in [5.41, 5.74) is 0. The van der Waals surface area contributed by atoms with Gasteiger partial charge in [0.2, 0.25) is 0 Å². The van der Waals surface area contributed by atoms with Crippen LogP contribution in [0.15, 0.2) is 11.8 Å². The van der Waals surface area contributed by atoms with Gasteiger partial charge in [-0.2, -0.15) is 0 Å². The Hall–Kier alpha value is 0.960. The highest BCUT2D eigenvalue weighted by Crippen LogP contribution is 2.31. The van der Waals surface area contributed by atoms with Gasteiger partial charge in [0.05, 0.1) is 5.76 Å². The standard InChI is InChI=1S/C6H10I2O2/c1-4-5(2)10-6(7,8)9-3/h4H,1-3H3/b5-4+. The van der Waals surface area contributed by atoms with Crippen LogP contribution in [0.25, 0.3) is 0 Å². The van der Waals surface area contributed by atoms with Crippen LogP contribution >= 0.6 is 45.2 Å². The van der Waals surface area contributed by atoms with Crippen molar-refractivity contribution in [3.05, 3.63) is 11.8 Å². The molecule has 0 aliphatic carbocycles. The molecule has 0 radical (unpaired) electrons. The first-order valence-electron chi connectivity index (χ1n) is 2.76. The third-order valence-electron chi connectivity index (χ3n) is 0.924. The highest BCUT2D eigenvalue weighted by molar-refractivity contribution is 14.2. The number of rotatable bonds is 3. The summed E-state index contributed by atoms with van der Waals surface area (Å²) in [4.78, 5) is 0. The summed E-state index contributed by atoms with van der Waals surface area (Å²) in [5, 5.41) is 0. The Labute approximate surface area is 88.6 Å². The zero-order valence-corrected chi connectivity index (χ0v) is 10.5. The average Bonchev–Trinajstić information content (AvgIpc) is 1.87. The van der Waals surface area contributed by atoms with Gasteiger partial charge < -0.3 is 9.47 Å². The minimum absolute atomic E-state index is 0.563. The second kappa shape index (κ2) is 4.76. The molecule has 2 nitrogen and oxygen atoms in total. The maximum Gasteiger partial charge on any atom is 0.314 e. The van der Waals surface area contributed by atoms with Crippen LogP contribution < -0.4 is 0 Å². The molecular formula is C6H10I2O2. The van der Waals surface area contributed by atoms with Crippen molar-refractivity contribution in [1.82, 2.24) is 0 Å². The molecule has 0 rings (SSSR count). The van der Waals surface area contributed by atoms with Crippen LogP contribution in [0.3, 0.4) is 0 Å². The molecule has 0 atom stereocenters. The van der Waals surface area contributed by atoms with Gasteiger partial charge in [-0.1, -0.05) is 0 Å². The van der Waals surface area contributed by atoms with E-state index in [1.54, 1.807) is 7.11 Å². The summed E-state index contributed by atoms with van der Waals surface area (Å²) < 4.78 is 9.81. The molecule has 0 aromatic heterocycles. The van der Waals surface area contributed by atoms with Crippen molar-refractivity contribution in [1.29, 1.82) is 0 Å². The van der Waals surface area contributed by atoms with Crippen LogP contribution in [-0.4, -0.2) is 8.91 Å². The van der Waals surface area contributed by atoms with Gasteiger partial charge >= 0.3 is 1.80 Å². The Morgan fingerprint density at radius 2 is 2.00 bits per heavy atom. The lowest BCUT2D eigenvalue weighted by Crippen LogP contribution is -2.16. The molecule has 10 heavy (non-hydrogen) atoms. The first-order valence-corrected chi connectivity index (χ1v) is 4.92. The van der Waals surface area contributed by atoms with Crippen LogP contribution in [0.1, 0.15) is 13.8 Å². The second-order valence-corrected chi connectivity index (χ2v) is 6.57. The molecule has 0 aromatic carbocycles. The fourth-order valence-electron chi connectivity index (χ4n) is 0.288. The van der Waals surface area contributed by atoms with Gasteiger partial charge in [-0.05, 0) is 19.9 Å². The van der Waals surface area contributed by atoms with Gasteiger partial charge in [-0.25, -0.2) is 0 Å². The SMILES string of the molecule is C/C=C(\C)OC(I)(I)OC. The van der Waals surface area contributed by atoms with E-state index >= 15 is 0 Å². The molecule has 60 valence electrons. The van der Waals surface area contributed by atoms with E-state index in [-0.39, 0.29) is 0 Å². The Kier molecular flexibility index (Phi) is 5.22. The van der Waals surface area contributed by atoms with Gasteiger partial charge in [0.25, 0.3) is 0 Å². The second-order valence-electron chi connectivity index (χ2n) is 1.67. The van der Waals surface area contributed by atoms with Gasteiger partial charge in [0.1, 0.15) is 0 Å². The van der Waals surface area contributed by atoms with Gasteiger partial charge in [0.15, 0.2) is 0 Å². The van der Waals surface area contributed by atoms with Crippen molar-refractivity contribution in [2.24, 2.45) is 0 Å². The molecule has 0 aliphatic rings. The minimum atomic E-state index is -0.563.